The van der Waals surface area contributed by atoms with Gasteiger partial charge in [0, 0.05) is 37.6 Å². The number of carbonyl (C=O) groups is 3. The summed E-state index contributed by atoms with van der Waals surface area (Å²) in [6, 6.07) is 8.77. The van der Waals surface area contributed by atoms with Crippen LogP contribution in [-0.4, -0.2) is 45.7 Å². The van der Waals surface area contributed by atoms with Crippen molar-refractivity contribution in [3.8, 4) is 6.07 Å². The van der Waals surface area contributed by atoms with Gasteiger partial charge in [0.25, 0.3) is 5.91 Å². The largest absolute Gasteiger partial charge is 0.351 e. The highest BCUT2D eigenvalue weighted by atomic mass is 19.3. The fourth-order valence-corrected chi connectivity index (χ4v) is 5.69. The lowest BCUT2D eigenvalue weighted by Crippen LogP contribution is -2.53. The van der Waals surface area contributed by atoms with E-state index < -0.39 is 66.2 Å². The highest BCUT2D eigenvalue weighted by Crippen LogP contribution is 2.37. The van der Waals surface area contributed by atoms with Gasteiger partial charge in [0.2, 0.25) is 23.7 Å². The van der Waals surface area contributed by atoms with Crippen LogP contribution in [0.5, 0.6) is 0 Å². The second kappa shape index (κ2) is 12.4. The number of alkyl halides is 2. The Morgan fingerprint density at radius 3 is 2.43 bits per heavy atom. The molecule has 13 heteroatoms. The number of aromatic nitrogens is 2. The molecule has 2 atom stereocenters. The van der Waals surface area contributed by atoms with Gasteiger partial charge in [0.05, 0.1) is 5.69 Å². The van der Waals surface area contributed by atoms with Crippen LogP contribution in [0.15, 0.2) is 54.7 Å². The lowest BCUT2D eigenvalue weighted by atomic mass is 9.91. The maximum atomic E-state index is 14.6. The van der Waals surface area contributed by atoms with Crippen LogP contribution >= 0.6 is 0 Å². The molecular formula is C31H28F4N6O3. The molecule has 2 aliphatic rings. The van der Waals surface area contributed by atoms with Gasteiger partial charge in [-0.05, 0) is 55.5 Å². The number of nitrogens with zero attached hydrogens (tertiary/aromatic N) is 5. The molecule has 3 aromatic rings. The molecule has 44 heavy (non-hydrogen) atoms. The Balaban J connectivity index is 1.61. The highest BCUT2D eigenvalue weighted by molar-refractivity contribution is 6.10. The molecule has 0 radical (unpaired) electrons. The molecule has 1 saturated heterocycles. The molecule has 1 saturated carbocycles. The second-order valence-electron chi connectivity index (χ2n) is 10.9. The molecule has 1 N–H and O–H groups in total. The Labute approximate surface area is 250 Å². The SMILES string of the molecule is Cc1ccccc1C(C(=O)NC1CCC(F)(F)CC1)N(C(=O)[C@@H]1CCC(=O)N1c1nccc(C#N)n1)c1cc(F)cc(F)c1. The molecule has 228 valence electrons. The van der Waals surface area contributed by atoms with Gasteiger partial charge in [-0.3, -0.25) is 24.2 Å². The zero-order valence-corrected chi connectivity index (χ0v) is 23.6. The number of rotatable bonds is 7. The molecule has 1 aromatic heterocycles. The van der Waals surface area contributed by atoms with Gasteiger partial charge in [-0.15, -0.1) is 0 Å². The van der Waals surface area contributed by atoms with Crippen molar-refractivity contribution in [2.75, 3.05) is 9.80 Å². The van der Waals surface area contributed by atoms with Crippen molar-refractivity contribution in [1.82, 2.24) is 15.3 Å². The van der Waals surface area contributed by atoms with Crippen LogP contribution in [0.2, 0.25) is 0 Å². The molecule has 2 aromatic carbocycles. The lowest BCUT2D eigenvalue weighted by molar-refractivity contribution is -0.128. The maximum absolute atomic E-state index is 14.6. The topological polar surface area (TPSA) is 119 Å². The van der Waals surface area contributed by atoms with E-state index in [0.717, 1.165) is 21.9 Å². The van der Waals surface area contributed by atoms with Crippen LogP contribution in [0.1, 0.15) is 61.4 Å². The minimum Gasteiger partial charge on any atom is -0.351 e. The van der Waals surface area contributed by atoms with E-state index in [1.165, 1.54) is 12.3 Å². The van der Waals surface area contributed by atoms with Gasteiger partial charge in [-0.1, -0.05) is 24.3 Å². The smallest absolute Gasteiger partial charge is 0.251 e. The van der Waals surface area contributed by atoms with Crippen molar-refractivity contribution in [3.05, 3.63) is 83.2 Å². The molecular weight excluding hydrogens is 580 g/mol. The predicted molar refractivity (Wildman–Crippen MR) is 150 cm³/mol. The zero-order valence-electron chi connectivity index (χ0n) is 23.6. The molecule has 2 heterocycles. The van der Waals surface area contributed by atoms with Gasteiger partial charge < -0.3 is 5.32 Å². The number of benzene rings is 2. The van der Waals surface area contributed by atoms with Crippen LogP contribution in [0.4, 0.5) is 29.2 Å². The fraction of sp³-hybridized carbons (Fsp3) is 0.355. The lowest BCUT2D eigenvalue weighted by Gasteiger charge is -2.37. The predicted octanol–water partition coefficient (Wildman–Crippen LogP) is 4.90. The van der Waals surface area contributed by atoms with Crippen LogP contribution in [0.25, 0.3) is 0 Å². The summed E-state index contributed by atoms with van der Waals surface area (Å²) in [7, 11) is 0. The number of halogens is 4. The molecule has 2 fully saturated rings. The first-order valence-electron chi connectivity index (χ1n) is 14.1. The van der Waals surface area contributed by atoms with Crippen molar-refractivity contribution in [2.24, 2.45) is 0 Å². The summed E-state index contributed by atoms with van der Waals surface area (Å²) in [6.45, 7) is 1.69. The third kappa shape index (κ3) is 6.39. The van der Waals surface area contributed by atoms with E-state index >= 15 is 0 Å². The first-order chi connectivity index (χ1) is 21.0. The van der Waals surface area contributed by atoms with E-state index in [-0.39, 0.29) is 43.0 Å². The summed E-state index contributed by atoms with van der Waals surface area (Å²) in [6.07, 6.45) is 0.270. The van der Waals surface area contributed by atoms with Gasteiger partial charge in [0.1, 0.15) is 35.5 Å². The summed E-state index contributed by atoms with van der Waals surface area (Å²) in [4.78, 5) is 51.8. The van der Waals surface area contributed by atoms with Gasteiger partial charge in [-0.2, -0.15) is 5.26 Å². The van der Waals surface area contributed by atoms with E-state index in [2.05, 4.69) is 15.3 Å². The van der Waals surface area contributed by atoms with Crippen molar-refractivity contribution < 1.29 is 31.9 Å². The minimum atomic E-state index is -2.85. The number of carbonyl (C=O) groups excluding carboxylic acids is 3. The average molecular weight is 609 g/mol. The fourth-order valence-electron chi connectivity index (χ4n) is 5.69. The van der Waals surface area contributed by atoms with E-state index in [4.69, 9.17) is 0 Å². The van der Waals surface area contributed by atoms with Crippen LogP contribution in [0, 0.1) is 29.9 Å². The number of nitrogens with one attached hydrogen (secondary N) is 1. The number of aryl methyl sites for hydroxylation is 1. The van der Waals surface area contributed by atoms with E-state index in [1.807, 2.05) is 6.07 Å². The van der Waals surface area contributed by atoms with Crippen molar-refractivity contribution in [2.45, 2.75) is 69.5 Å². The number of anilines is 2. The summed E-state index contributed by atoms with van der Waals surface area (Å²) in [5.74, 6) is -7.21. The van der Waals surface area contributed by atoms with Crippen molar-refractivity contribution in [1.29, 1.82) is 5.26 Å². The minimum absolute atomic E-state index is 0.000746. The molecule has 0 bridgehead atoms. The summed E-state index contributed by atoms with van der Waals surface area (Å²) in [5, 5.41) is 12.1. The Morgan fingerprint density at radius 1 is 1.09 bits per heavy atom. The Morgan fingerprint density at radius 2 is 1.77 bits per heavy atom. The van der Waals surface area contributed by atoms with E-state index in [0.29, 0.717) is 17.2 Å². The quantitative estimate of drug-likeness (QED) is 0.381. The van der Waals surface area contributed by atoms with Crippen molar-refractivity contribution in [3.63, 3.8) is 0 Å². The standard InChI is InChI=1S/C31H28F4N6O3/c1-18-4-2-3-5-24(18)27(28(43)38-21-8-11-31(34,35)12-9-21)40(23-15-19(32)14-20(33)16-23)29(44)25-6-7-26(42)41(25)30-37-13-10-22(17-36)39-30/h2-5,10,13-16,21,25,27H,6-9,11-12H2,1H3,(H,38,43)/t25-,27?/m0/s1. The molecule has 1 unspecified atom stereocenters. The molecule has 9 nitrogen and oxygen atoms in total. The van der Waals surface area contributed by atoms with E-state index in [1.54, 1.807) is 31.2 Å². The zero-order chi connectivity index (χ0) is 31.6. The van der Waals surface area contributed by atoms with Crippen molar-refractivity contribution >= 4 is 29.4 Å². The monoisotopic (exact) mass is 608 g/mol. The molecule has 1 aliphatic heterocycles. The maximum Gasteiger partial charge on any atom is 0.251 e. The van der Waals surface area contributed by atoms with Crippen LogP contribution < -0.4 is 15.1 Å². The highest BCUT2D eigenvalue weighted by Gasteiger charge is 2.45. The van der Waals surface area contributed by atoms with Gasteiger partial charge >= 0.3 is 0 Å². The number of hydrogen-bond acceptors (Lipinski definition) is 6. The first kappa shape index (κ1) is 30.6. The first-order valence-corrected chi connectivity index (χ1v) is 14.1. The number of nitriles is 1. The average Bonchev–Trinajstić information content (AvgIpc) is 3.38. The number of hydrogen-bond donors (Lipinski definition) is 1. The van der Waals surface area contributed by atoms with Crippen LogP contribution in [0.3, 0.4) is 0 Å². The van der Waals surface area contributed by atoms with Gasteiger partial charge in [-0.25, -0.2) is 27.5 Å². The molecule has 5 rings (SSSR count). The Bertz CT molecular complexity index is 1610. The molecule has 1 aliphatic carbocycles. The third-order valence-electron chi connectivity index (χ3n) is 7.89. The normalized spacial score (nSPS) is 18.9. The van der Waals surface area contributed by atoms with Crippen LogP contribution in [-0.2, 0) is 14.4 Å². The number of amides is 3. The van der Waals surface area contributed by atoms with E-state index in [9.17, 15) is 37.2 Å². The summed E-state index contributed by atoms with van der Waals surface area (Å²) in [5.41, 5.74) is 0.543. The molecule has 3 amide bonds. The molecule has 0 spiro atoms. The Hall–Kier alpha value is -4.86. The second-order valence-corrected chi connectivity index (χ2v) is 10.9. The third-order valence-corrected chi connectivity index (χ3v) is 7.89. The summed E-state index contributed by atoms with van der Waals surface area (Å²) >= 11 is 0. The Kier molecular flexibility index (Phi) is 8.62. The summed E-state index contributed by atoms with van der Waals surface area (Å²) < 4.78 is 57.0. The van der Waals surface area contributed by atoms with Gasteiger partial charge in [0.15, 0.2) is 0 Å².